The van der Waals surface area contributed by atoms with Gasteiger partial charge in [-0.25, -0.2) is 0 Å². The second-order valence-electron chi connectivity index (χ2n) is 6.05. The van der Waals surface area contributed by atoms with Crippen LogP contribution in [0.1, 0.15) is 25.7 Å². The van der Waals surface area contributed by atoms with Crippen LogP contribution < -0.4 is 5.32 Å². The molecule has 0 amide bonds. The first-order chi connectivity index (χ1) is 9.68. The predicted octanol–water partition coefficient (Wildman–Crippen LogP) is -0.303. The van der Waals surface area contributed by atoms with E-state index in [1.165, 1.54) is 6.42 Å². The molecule has 3 saturated heterocycles. The molecule has 0 aromatic heterocycles. The zero-order valence-electron chi connectivity index (χ0n) is 12.1. The topological polar surface area (TPSA) is 55.9 Å². The molecule has 0 radical (unpaired) electrons. The molecular formula is C13H26N4O2S. The van der Waals surface area contributed by atoms with E-state index in [0.29, 0.717) is 32.2 Å². The van der Waals surface area contributed by atoms with Crippen LogP contribution in [0.2, 0.25) is 0 Å². The maximum Gasteiger partial charge on any atom is 0.282 e. The van der Waals surface area contributed by atoms with Crippen molar-refractivity contribution in [3.05, 3.63) is 0 Å². The monoisotopic (exact) mass is 302 g/mol. The van der Waals surface area contributed by atoms with E-state index in [1.807, 2.05) is 0 Å². The molecule has 116 valence electrons. The van der Waals surface area contributed by atoms with Crippen LogP contribution in [-0.4, -0.2) is 80.3 Å². The van der Waals surface area contributed by atoms with E-state index in [9.17, 15) is 8.42 Å². The SMILES string of the molecule is O=S(=O)(N1CCCNCC1)N1CCCN2CCCC2C1. The number of hydrogen-bond donors (Lipinski definition) is 1. The number of nitrogens with zero attached hydrogens (tertiary/aromatic N) is 3. The first kappa shape index (κ1) is 14.7. The van der Waals surface area contributed by atoms with E-state index in [0.717, 1.165) is 45.4 Å². The van der Waals surface area contributed by atoms with Gasteiger partial charge in [0, 0.05) is 38.8 Å². The van der Waals surface area contributed by atoms with Gasteiger partial charge in [-0.05, 0) is 45.3 Å². The third kappa shape index (κ3) is 3.01. The van der Waals surface area contributed by atoms with Crippen LogP contribution in [0.25, 0.3) is 0 Å². The largest absolute Gasteiger partial charge is 0.315 e. The first-order valence-electron chi connectivity index (χ1n) is 7.88. The highest BCUT2D eigenvalue weighted by Crippen LogP contribution is 2.23. The van der Waals surface area contributed by atoms with Gasteiger partial charge in [0.2, 0.25) is 0 Å². The third-order valence-corrected chi connectivity index (χ3v) is 6.72. The molecule has 0 aliphatic carbocycles. The highest BCUT2D eigenvalue weighted by atomic mass is 32.2. The molecule has 20 heavy (non-hydrogen) atoms. The summed E-state index contributed by atoms with van der Waals surface area (Å²) in [7, 11) is -3.27. The van der Waals surface area contributed by atoms with E-state index < -0.39 is 10.2 Å². The lowest BCUT2D eigenvalue weighted by Crippen LogP contribution is -2.48. The Morgan fingerprint density at radius 2 is 1.65 bits per heavy atom. The van der Waals surface area contributed by atoms with Crippen LogP contribution in [0.3, 0.4) is 0 Å². The molecule has 3 heterocycles. The van der Waals surface area contributed by atoms with Crippen molar-refractivity contribution >= 4 is 10.2 Å². The summed E-state index contributed by atoms with van der Waals surface area (Å²) in [5.41, 5.74) is 0. The fraction of sp³-hybridized carbons (Fsp3) is 1.00. The molecule has 1 atom stereocenters. The van der Waals surface area contributed by atoms with Gasteiger partial charge in [0.25, 0.3) is 10.2 Å². The van der Waals surface area contributed by atoms with Crippen molar-refractivity contribution in [3.63, 3.8) is 0 Å². The summed E-state index contributed by atoms with van der Waals surface area (Å²) in [5.74, 6) is 0. The molecule has 6 nitrogen and oxygen atoms in total. The standard InChI is InChI=1S/C13H26N4O2S/c18-20(19,16-9-2-5-14-6-11-16)17-10-3-8-15-7-1-4-13(15)12-17/h13-14H,1-12H2. The maximum absolute atomic E-state index is 12.8. The molecule has 0 aromatic carbocycles. The number of fused-ring (bicyclic) bond motifs is 1. The van der Waals surface area contributed by atoms with E-state index in [-0.39, 0.29) is 0 Å². The number of nitrogens with one attached hydrogen (secondary N) is 1. The highest BCUT2D eigenvalue weighted by Gasteiger charge is 2.36. The molecule has 1 unspecified atom stereocenters. The Labute approximate surface area is 122 Å². The molecule has 3 aliphatic heterocycles. The van der Waals surface area contributed by atoms with Crippen LogP contribution in [0, 0.1) is 0 Å². The normalized spacial score (nSPS) is 31.7. The predicted molar refractivity (Wildman–Crippen MR) is 78.8 cm³/mol. The van der Waals surface area contributed by atoms with Crippen LogP contribution in [0.4, 0.5) is 0 Å². The number of hydrogen-bond acceptors (Lipinski definition) is 4. The minimum absolute atomic E-state index is 0.442. The third-order valence-electron chi connectivity index (χ3n) is 4.72. The van der Waals surface area contributed by atoms with Crippen molar-refractivity contribution in [2.75, 3.05) is 52.4 Å². The van der Waals surface area contributed by atoms with Crippen molar-refractivity contribution in [1.29, 1.82) is 0 Å². The Morgan fingerprint density at radius 3 is 2.55 bits per heavy atom. The Balaban J connectivity index is 1.72. The molecule has 0 bridgehead atoms. The van der Waals surface area contributed by atoms with Crippen molar-refractivity contribution in [2.45, 2.75) is 31.7 Å². The minimum atomic E-state index is -3.27. The van der Waals surface area contributed by atoms with Crippen LogP contribution in [-0.2, 0) is 10.2 Å². The molecular weight excluding hydrogens is 276 g/mol. The minimum Gasteiger partial charge on any atom is -0.315 e. The molecule has 0 spiro atoms. The molecule has 7 heteroatoms. The average Bonchev–Trinajstić information content (AvgIpc) is 2.67. The Kier molecular flexibility index (Phi) is 4.62. The molecule has 3 rings (SSSR count). The summed E-state index contributed by atoms with van der Waals surface area (Å²) in [6.07, 6.45) is 4.23. The van der Waals surface area contributed by atoms with E-state index in [2.05, 4.69) is 10.2 Å². The van der Waals surface area contributed by atoms with E-state index in [1.54, 1.807) is 8.61 Å². The molecule has 1 N–H and O–H groups in total. The summed E-state index contributed by atoms with van der Waals surface area (Å²) in [6.45, 7) is 6.51. The van der Waals surface area contributed by atoms with E-state index in [4.69, 9.17) is 0 Å². The molecule has 3 aliphatic rings. The molecule has 0 saturated carbocycles. The Morgan fingerprint density at radius 1 is 0.850 bits per heavy atom. The quantitative estimate of drug-likeness (QED) is 0.761. The maximum atomic E-state index is 12.8. The first-order valence-corrected chi connectivity index (χ1v) is 9.27. The lowest BCUT2D eigenvalue weighted by Gasteiger charge is -2.30. The van der Waals surface area contributed by atoms with Crippen molar-refractivity contribution in [3.8, 4) is 0 Å². The number of rotatable bonds is 2. The second-order valence-corrected chi connectivity index (χ2v) is 7.98. The highest BCUT2D eigenvalue weighted by molar-refractivity contribution is 7.86. The van der Waals surface area contributed by atoms with Gasteiger partial charge in [-0.2, -0.15) is 17.0 Å². The van der Waals surface area contributed by atoms with Crippen molar-refractivity contribution < 1.29 is 8.42 Å². The summed E-state index contributed by atoms with van der Waals surface area (Å²) < 4.78 is 29.1. The van der Waals surface area contributed by atoms with Gasteiger partial charge in [-0.3, -0.25) is 4.90 Å². The van der Waals surface area contributed by atoms with Crippen molar-refractivity contribution in [1.82, 2.24) is 18.8 Å². The fourth-order valence-electron chi connectivity index (χ4n) is 3.60. The lowest BCUT2D eigenvalue weighted by molar-refractivity contribution is 0.253. The molecule has 3 fully saturated rings. The average molecular weight is 302 g/mol. The summed E-state index contributed by atoms with van der Waals surface area (Å²) in [5, 5.41) is 3.27. The van der Waals surface area contributed by atoms with Gasteiger partial charge >= 0.3 is 0 Å². The zero-order chi connectivity index (χ0) is 14.0. The second kappa shape index (κ2) is 6.27. The van der Waals surface area contributed by atoms with Gasteiger partial charge in [0.15, 0.2) is 0 Å². The summed E-state index contributed by atoms with van der Waals surface area (Å²) >= 11 is 0. The fourth-order valence-corrected chi connectivity index (χ4v) is 5.33. The summed E-state index contributed by atoms with van der Waals surface area (Å²) in [6, 6.07) is 0.442. The van der Waals surface area contributed by atoms with Crippen LogP contribution in [0.5, 0.6) is 0 Å². The van der Waals surface area contributed by atoms with Crippen molar-refractivity contribution in [2.24, 2.45) is 0 Å². The summed E-state index contributed by atoms with van der Waals surface area (Å²) in [4.78, 5) is 2.47. The Hall–Kier alpha value is -0.210. The smallest absolute Gasteiger partial charge is 0.282 e. The Bertz CT molecular complexity index is 420. The van der Waals surface area contributed by atoms with Gasteiger partial charge in [0.1, 0.15) is 0 Å². The van der Waals surface area contributed by atoms with Gasteiger partial charge < -0.3 is 5.32 Å². The lowest BCUT2D eigenvalue weighted by atomic mass is 10.2. The van der Waals surface area contributed by atoms with E-state index >= 15 is 0 Å². The zero-order valence-corrected chi connectivity index (χ0v) is 12.9. The van der Waals surface area contributed by atoms with Gasteiger partial charge in [-0.1, -0.05) is 0 Å². The van der Waals surface area contributed by atoms with Gasteiger partial charge in [-0.15, -0.1) is 0 Å². The van der Waals surface area contributed by atoms with Crippen LogP contribution in [0.15, 0.2) is 0 Å². The van der Waals surface area contributed by atoms with Gasteiger partial charge in [0.05, 0.1) is 0 Å². The molecule has 0 aromatic rings. The van der Waals surface area contributed by atoms with Crippen LogP contribution >= 0.6 is 0 Å².